The summed E-state index contributed by atoms with van der Waals surface area (Å²) >= 11 is 0. The number of methoxy groups -OCH3 is 1. The molecule has 0 radical (unpaired) electrons. The number of hydrogen-bond acceptors (Lipinski definition) is 4. The summed E-state index contributed by atoms with van der Waals surface area (Å²) in [6.45, 7) is 1.86. The van der Waals surface area contributed by atoms with E-state index in [4.69, 9.17) is 9.15 Å². The Morgan fingerprint density at radius 3 is 2.90 bits per heavy atom. The van der Waals surface area contributed by atoms with E-state index >= 15 is 0 Å². The predicted octanol–water partition coefficient (Wildman–Crippen LogP) is 3.11. The van der Waals surface area contributed by atoms with Crippen molar-refractivity contribution in [3.8, 4) is 17.2 Å². The van der Waals surface area contributed by atoms with Crippen molar-refractivity contribution in [1.82, 2.24) is 10.3 Å². The number of nitrogens with one attached hydrogen (secondary N) is 1. The fourth-order valence-corrected chi connectivity index (χ4v) is 2.58. The Kier molecular flexibility index (Phi) is 2.50. The number of ether oxygens (including phenoxy) is 1. The van der Waals surface area contributed by atoms with Gasteiger partial charge in [-0.2, -0.15) is 0 Å². The number of hydrogen-bond donors (Lipinski definition) is 1. The average molecular weight is 266 g/mol. The van der Waals surface area contributed by atoms with Gasteiger partial charge in [0.1, 0.15) is 11.3 Å². The van der Waals surface area contributed by atoms with E-state index in [9.17, 15) is 0 Å². The van der Waals surface area contributed by atoms with Crippen molar-refractivity contribution in [1.29, 1.82) is 0 Å². The van der Waals surface area contributed by atoms with Crippen LogP contribution in [0.1, 0.15) is 11.1 Å². The molecule has 20 heavy (non-hydrogen) atoms. The average Bonchev–Trinajstić information content (AvgIpc) is 3.11. The monoisotopic (exact) mass is 266 g/mol. The summed E-state index contributed by atoms with van der Waals surface area (Å²) in [5.74, 6) is 1.43. The van der Waals surface area contributed by atoms with Gasteiger partial charge in [-0.3, -0.25) is 0 Å². The van der Waals surface area contributed by atoms with Crippen LogP contribution in [0, 0.1) is 0 Å². The molecule has 0 amide bonds. The van der Waals surface area contributed by atoms with E-state index in [0.29, 0.717) is 5.89 Å². The van der Waals surface area contributed by atoms with Crippen molar-refractivity contribution in [2.75, 3.05) is 7.11 Å². The lowest BCUT2D eigenvalue weighted by Gasteiger charge is -2.00. The van der Waals surface area contributed by atoms with Crippen LogP contribution in [0.5, 0.6) is 5.75 Å². The fourth-order valence-electron chi connectivity index (χ4n) is 2.58. The van der Waals surface area contributed by atoms with E-state index < -0.39 is 0 Å². The molecule has 0 unspecified atom stereocenters. The van der Waals surface area contributed by atoms with Gasteiger partial charge in [0.25, 0.3) is 0 Å². The molecule has 100 valence electrons. The van der Waals surface area contributed by atoms with E-state index in [1.54, 1.807) is 7.11 Å². The van der Waals surface area contributed by atoms with Gasteiger partial charge in [-0.05, 0) is 35.4 Å². The predicted molar refractivity (Wildman–Crippen MR) is 76.5 cm³/mol. The fraction of sp³-hybridized carbons (Fsp3) is 0.188. The maximum absolute atomic E-state index is 5.84. The Morgan fingerprint density at radius 1 is 1.10 bits per heavy atom. The zero-order valence-electron chi connectivity index (χ0n) is 11.1. The first kappa shape index (κ1) is 11.5. The van der Waals surface area contributed by atoms with Crippen LogP contribution >= 0.6 is 0 Å². The summed E-state index contributed by atoms with van der Waals surface area (Å²) in [4.78, 5) is 4.54. The smallest absolute Gasteiger partial charge is 0.227 e. The first-order valence-corrected chi connectivity index (χ1v) is 6.61. The first-order valence-electron chi connectivity index (χ1n) is 6.61. The zero-order valence-corrected chi connectivity index (χ0v) is 11.1. The van der Waals surface area contributed by atoms with Gasteiger partial charge in [0.05, 0.1) is 7.11 Å². The van der Waals surface area contributed by atoms with E-state index in [2.05, 4.69) is 28.5 Å². The standard InChI is InChI=1S/C16H14N2O2/c1-19-13-4-5-14-15(7-13)20-16(18-14)10-2-3-11-8-17-9-12(11)6-10/h2-7,17H,8-9H2,1H3. The summed E-state index contributed by atoms with van der Waals surface area (Å²) in [7, 11) is 1.64. The first-order chi connectivity index (χ1) is 9.83. The van der Waals surface area contributed by atoms with Gasteiger partial charge in [0.2, 0.25) is 5.89 Å². The van der Waals surface area contributed by atoms with Crippen molar-refractivity contribution in [2.45, 2.75) is 13.1 Å². The van der Waals surface area contributed by atoms with E-state index in [1.807, 2.05) is 18.2 Å². The third kappa shape index (κ3) is 1.77. The molecule has 4 nitrogen and oxygen atoms in total. The number of benzene rings is 2. The van der Waals surface area contributed by atoms with E-state index in [1.165, 1.54) is 11.1 Å². The molecule has 3 aromatic rings. The number of nitrogens with zero attached hydrogens (tertiary/aromatic N) is 1. The second kappa shape index (κ2) is 4.35. The topological polar surface area (TPSA) is 47.3 Å². The van der Waals surface area contributed by atoms with Crippen LogP contribution in [0.15, 0.2) is 40.8 Å². The molecule has 0 atom stereocenters. The Bertz CT molecular complexity index is 792. The van der Waals surface area contributed by atoms with Crippen molar-refractivity contribution in [3.05, 3.63) is 47.5 Å². The van der Waals surface area contributed by atoms with Crippen molar-refractivity contribution in [2.24, 2.45) is 0 Å². The lowest BCUT2D eigenvalue weighted by atomic mass is 10.1. The van der Waals surface area contributed by atoms with Crippen LogP contribution in [0.25, 0.3) is 22.6 Å². The summed E-state index contributed by atoms with van der Waals surface area (Å²) in [6.07, 6.45) is 0. The quantitative estimate of drug-likeness (QED) is 0.774. The van der Waals surface area contributed by atoms with Crippen molar-refractivity contribution in [3.63, 3.8) is 0 Å². The second-order valence-corrected chi connectivity index (χ2v) is 4.94. The van der Waals surface area contributed by atoms with Gasteiger partial charge >= 0.3 is 0 Å². The number of oxazole rings is 1. The highest BCUT2D eigenvalue weighted by molar-refractivity contribution is 5.77. The molecule has 0 aliphatic carbocycles. The molecule has 4 heteroatoms. The maximum atomic E-state index is 5.84. The number of aromatic nitrogens is 1. The molecular formula is C16H14N2O2. The van der Waals surface area contributed by atoms with Gasteiger partial charge < -0.3 is 14.5 Å². The van der Waals surface area contributed by atoms with Gasteiger partial charge in [-0.25, -0.2) is 4.98 Å². The number of rotatable bonds is 2. The minimum atomic E-state index is 0.656. The summed E-state index contributed by atoms with van der Waals surface area (Å²) < 4.78 is 11.0. The third-order valence-corrected chi connectivity index (χ3v) is 3.68. The lowest BCUT2D eigenvalue weighted by molar-refractivity contribution is 0.414. The molecule has 0 fully saturated rings. The highest BCUT2D eigenvalue weighted by atomic mass is 16.5. The molecule has 0 bridgehead atoms. The van der Waals surface area contributed by atoms with Crippen molar-refractivity contribution >= 4 is 11.1 Å². The van der Waals surface area contributed by atoms with Gasteiger partial charge in [-0.15, -0.1) is 0 Å². The van der Waals surface area contributed by atoms with Crippen LogP contribution in [0.3, 0.4) is 0 Å². The second-order valence-electron chi connectivity index (χ2n) is 4.94. The molecule has 1 aliphatic heterocycles. The molecule has 2 heterocycles. The summed E-state index contributed by atoms with van der Waals surface area (Å²) in [5.41, 5.74) is 5.29. The molecule has 0 saturated carbocycles. The van der Waals surface area contributed by atoms with E-state index in [0.717, 1.165) is 35.5 Å². The SMILES string of the molecule is COc1ccc2nc(-c3ccc4c(c3)CNC4)oc2c1. The largest absolute Gasteiger partial charge is 0.497 e. The van der Waals surface area contributed by atoms with Gasteiger partial charge in [0, 0.05) is 24.7 Å². The molecule has 1 aromatic heterocycles. The van der Waals surface area contributed by atoms with Crippen LogP contribution in [-0.4, -0.2) is 12.1 Å². The normalized spacial score (nSPS) is 13.7. The van der Waals surface area contributed by atoms with Crippen LogP contribution in [0.2, 0.25) is 0 Å². The van der Waals surface area contributed by atoms with Gasteiger partial charge in [0.15, 0.2) is 5.58 Å². The summed E-state index contributed by atoms with van der Waals surface area (Å²) in [5, 5.41) is 3.34. The Hall–Kier alpha value is -2.33. The summed E-state index contributed by atoms with van der Waals surface area (Å²) in [6, 6.07) is 12.0. The molecule has 4 rings (SSSR count). The third-order valence-electron chi connectivity index (χ3n) is 3.68. The van der Waals surface area contributed by atoms with E-state index in [-0.39, 0.29) is 0 Å². The molecule has 2 aromatic carbocycles. The van der Waals surface area contributed by atoms with Crippen molar-refractivity contribution < 1.29 is 9.15 Å². The molecule has 1 N–H and O–H groups in total. The van der Waals surface area contributed by atoms with Crippen LogP contribution < -0.4 is 10.1 Å². The minimum Gasteiger partial charge on any atom is -0.497 e. The number of fused-ring (bicyclic) bond motifs is 2. The highest BCUT2D eigenvalue weighted by Gasteiger charge is 2.14. The lowest BCUT2D eigenvalue weighted by Crippen LogP contribution is -1.99. The molecule has 0 saturated heterocycles. The molecule has 0 spiro atoms. The molecular weight excluding hydrogens is 252 g/mol. The van der Waals surface area contributed by atoms with Crippen LogP contribution in [0.4, 0.5) is 0 Å². The molecule has 1 aliphatic rings. The zero-order chi connectivity index (χ0) is 13.5. The van der Waals surface area contributed by atoms with Crippen LogP contribution in [-0.2, 0) is 13.1 Å². The Morgan fingerprint density at radius 2 is 2.00 bits per heavy atom. The van der Waals surface area contributed by atoms with Gasteiger partial charge in [-0.1, -0.05) is 6.07 Å². The Balaban J connectivity index is 1.81. The minimum absolute atomic E-state index is 0.656. The highest BCUT2D eigenvalue weighted by Crippen LogP contribution is 2.29. The maximum Gasteiger partial charge on any atom is 0.227 e. The Labute approximate surface area is 116 Å².